The van der Waals surface area contributed by atoms with Crippen LogP contribution < -0.4 is 5.32 Å². The molecule has 0 radical (unpaired) electrons. The maximum atomic E-state index is 12.7. The molecular weight excluding hydrogens is 275 g/mol. The predicted molar refractivity (Wildman–Crippen MR) is 64.9 cm³/mol. The third kappa shape index (κ3) is 3.97. The zero-order valence-corrected chi connectivity index (χ0v) is 10.9. The molecule has 0 aliphatic heterocycles. The van der Waals surface area contributed by atoms with Gasteiger partial charge in [0.15, 0.2) is 0 Å². The fourth-order valence-corrected chi connectivity index (χ4v) is 1.52. The van der Waals surface area contributed by atoms with Crippen LogP contribution >= 0.6 is 0 Å². The lowest BCUT2D eigenvalue weighted by molar-refractivity contribution is -0.185. The lowest BCUT2D eigenvalue weighted by Crippen LogP contribution is -2.50. The van der Waals surface area contributed by atoms with Gasteiger partial charge in [-0.3, -0.25) is 4.79 Å². The van der Waals surface area contributed by atoms with E-state index in [4.69, 9.17) is 0 Å². The Morgan fingerprint density at radius 1 is 1.20 bits per heavy atom. The minimum Gasteiger partial charge on any atom is -0.467 e. The van der Waals surface area contributed by atoms with Gasteiger partial charge in [0.2, 0.25) is 0 Å². The van der Waals surface area contributed by atoms with Crippen molar-refractivity contribution in [2.75, 3.05) is 7.11 Å². The van der Waals surface area contributed by atoms with Gasteiger partial charge in [-0.25, -0.2) is 4.79 Å². The minimum absolute atomic E-state index is 0.163. The second-order valence-electron chi connectivity index (χ2n) is 4.17. The summed E-state index contributed by atoms with van der Waals surface area (Å²) in [5.41, 5.74) is 0.163. The molecule has 1 amide bonds. The van der Waals surface area contributed by atoms with Gasteiger partial charge in [-0.1, -0.05) is 25.1 Å². The van der Waals surface area contributed by atoms with Gasteiger partial charge in [0.1, 0.15) is 6.04 Å². The van der Waals surface area contributed by atoms with Gasteiger partial charge in [0.25, 0.3) is 5.91 Å². The molecule has 0 saturated carbocycles. The van der Waals surface area contributed by atoms with E-state index in [1.807, 2.05) is 0 Å². The zero-order chi connectivity index (χ0) is 15.3. The van der Waals surface area contributed by atoms with Crippen molar-refractivity contribution in [2.24, 2.45) is 5.92 Å². The van der Waals surface area contributed by atoms with Crippen molar-refractivity contribution in [1.82, 2.24) is 5.32 Å². The molecule has 110 valence electrons. The zero-order valence-electron chi connectivity index (χ0n) is 10.9. The first kappa shape index (κ1) is 16.0. The Labute approximate surface area is 113 Å². The number of halogens is 3. The van der Waals surface area contributed by atoms with Crippen LogP contribution in [-0.4, -0.2) is 31.2 Å². The first-order valence-electron chi connectivity index (χ1n) is 5.77. The number of carbonyl (C=O) groups is 2. The number of nitrogens with one attached hydrogen (secondary N) is 1. The van der Waals surface area contributed by atoms with Crippen molar-refractivity contribution in [2.45, 2.75) is 19.1 Å². The highest BCUT2D eigenvalue weighted by molar-refractivity contribution is 5.96. The van der Waals surface area contributed by atoms with Crippen LogP contribution in [0.15, 0.2) is 30.3 Å². The SMILES string of the molecule is COC(=O)C(NC(=O)c1ccccc1)C(C)C(F)(F)F. The molecule has 1 aromatic carbocycles. The van der Waals surface area contributed by atoms with E-state index in [-0.39, 0.29) is 5.56 Å². The largest absolute Gasteiger partial charge is 0.467 e. The fourth-order valence-electron chi connectivity index (χ4n) is 1.52. The van der Waals surface area contributed by atoms with Gasteiger partial charge in [-0.2, -0.15) is 13.2 Å². The van der Waals surface area contributed by atoms with Crippen LogP contribution in [0.3, 0.4) is 0 Å². The Hall–Kier alpha value is -2.05. The molecule has 0 bridgehead atoms. The number of esters is 1. The van der Waals surface area contributed by atoms with Crippen LogP contribution in [0.1, 0.15) is 17.3 Å². The van der Waals surface area contributed by atoms with Gasteiger partial charge in [0, 0.05) is 5.56 Å². The summed E-state index contributed by atoms with van der Waals surface area (Å²) in [6, 6.07) is 5.87. The van der Waals surface area contributed by atoms with E-state index in [2.05, 4.69) is 10.1 Å². The molecule has 20 heavy (non-hydrogen) atoms. The van der Waals surface area contributed by atoms with Crippen molar-refractivity contribution in [3.05, 3.63) is 35.9 Å². The van der Waals surface area contributed by atoms with E-state index in [1.165, 1.54) is 12.1 Å². The van der Waals surface area contributed by atoms with Crippen molar-refractivity contribution in [3.63, 3.8) is 0 Å². The molecule has 0 fully saturated rings. The lowest BCUT2D eigenvalue weighted by Gasteiger charge is -2.24. The molecule has 0 spiro atoms. The Morgan fingerprint density at radius 3 is 2.20 bits per heavy atom. The van der Waals surface area contributed by atoms with Crippen molar-refractivity contribution >= 4 is 11.9 Å². The summed E-state index contributed by atoms with van der Waals surface area (Å²) in [4.78, 5) is 23.3. The molecular formula is C13H14F3NO3. The highest BCUT2D eigenvalue weighted by Crippen LogP contribution is 2.29. The molecule has 0 aliphatic carbocycles. The average Bonchev–Trinajstić information content (AvgIpc) is 2.42. The van der Waals surface area contributed by atoms with E-state index < -0.39 is 30.0 Å². The second kappa shape index (κ2) is 6.40. The molecule has 0 saturated heterocycles. The second-order valence-corrected chi connectivity index (χ2v) is 4.17. The number of methoxy groups -OCH3 is 1. The van der Waals surface area contributed by atoms with Crippen molar-refractivity contribution in [1.29, 1.82) is 0 Å². The van der Waals surface area contributed by atoms with Gasteiger partial charge in [-0.05, 0) is 12.1 Å². The minimum atomic E-state index is -4.62. The van der Waals surface area contributed by atoms with Crippen LogP contribution in [0.25, 0.3) is 0 Å². The topological polar surface area (TPSA) is 55.4 Å². The maximum Gasteiger partial charge on any atom is 0.394 e. The highest BCUT2D eigenvalue weighted by atomic mass is 19.4. The highest BCUT2D eigenvalue weighted by Gasteiger charge is 2.45. The summed E-state index contributed by atoms with van der Waals surface area (Å²) in [7, 11) is 0.965. The Kier molecular flexibility index (Phi) is 5.12. The summed E-state index contributed by atoms with van der Waals surface area (Å²) < 4.78 is 42.4. The number of rotatable bonds is 4. The quantitative estimate of drug-likeness (QED) is 0.864. The Bertz CT molecular complexity index is 473. The molecule has 0 aliphatic rings. The van der Waals surface area contributed by atoms with Crippen molar-refractivity contribution in [3.8, 4) is 0 Å². The summed E-state index contributed by atoms with van der Waals surface area (Å²) in [6.45, 7) is 0.812. The maximum absolute atomic E-state index is 12.7. The van der Waals surface area contributed by atoms with E-state index in [0.29, 0.717) is 0 Å². The van der Waals surface area contributed by atoms with Crippen LogP contribution in [0.2, 0.25) is 0 Å². The van der Waals surface area contributed by atoms with Gasteiger partial charge in [0.05, 0.1) is 13.0 Å². The van der Waals surface area contributed by atoms with Gasteiger partial charge >= 0.3 is 12.1 Å². The smallest absolute Gasteiger partial charge is 0.394 e. The predicted octanol–water partition coefficient (Wildman–Crippen LogP) is 2.16. The van der Waals surface area contributed by atoms with Crippen LogP contribution in [0.4, 0.5) is 13.2 Å². The number of hydrogen-bond donors (Lipinski definition) is 1. The average molecular weight is 289 g/mol. The number of ether oxygens (including phenoxy) is 1. The molecule has 0 aromatic heterocycles. The summed E-state index contributed by atoms with van der Waals surface area (Å²) >= 11 is 0. The number of amides is 1. The number of alkyl halides is 3. The van der Waals surface area contributed by atoms with Gasteiger partial charge < -0.3 is 10.1 Å². The first-order chi connectivity index (χ1) is 9.27. The Morgan fingerprint density at radius 2 is 1.75 bits per heavy atom. The summed E-state index contributed by atoms with van der Waals surface area (Å²) in [5, 5.41) is 2.06. The van der Waals surface area contributed by atoms with E-state index in [9.17, 15) is 22.8 Å². The number of hydrogen-bond acceptors (Lipinski definition) is 3. The monoisotopic (exact) mass is 289 g/mol. The van der Waals surface area contributed by atoms with E-state index in [0.717, 1.165) is 14.0 Å². The van der Waals surface area contributed by atoms with Gasteiger partial charge in [-0.15, -0.1) is 0 Å². The molecule has 0 heterocycles. The fraction of sp³-hybridized carbons (Fsp3) is 0.385. The molecule has 1 N–H and O–H groups in total. The third-order valence-electron chi connectivity index (χ3n) is 2.79. The summed E-state index contributed by atoms with van der Waals surface area (Å²) in [6.07, 6.45) is -4.62. The van der Waals surface area contributed by atoms with E-state index >= 15 is 0 Å². The van der Waals surface area contributed by atoms with Crippen LogP contribution in [0.5, 0.6) is 0 Å². The standard InChI is InChI=1S/C13H14F3NO3/c1-8(13(14,15)16)10(12(19)20-2)17-11(18)9-6-4-3-5-7-9/h3-8,10H,1-2H3,(H,17,18). The third-order valence-corrected chi connectivity index (χ3v) is 2.79. The van der Waals surface area contributed by atoms with E-state index in [1.54, 1.807) is 18.2 Å². The summed E-state index contributed by atoms with van der Waals surface area (Å²) in [5.74, 6) is -3.96. The molecule has 7 heteroatoms. The number of benzene rings is 1. The molecule has 1 rings (SSSR count). The van der Waals surface area contributed by atoms with Crippen molar-refractivity contribution < 1.29 is 27.5 Å². The van der Waals surface area contributed by atoms with Crippen LogP contribution in [-0.2, 0) is 9.53 Å². The normalized spacial score (nSPS) is 14.2. The molecule has 2 unspecified atom stereocenters. The lowest BCUT2D eigenvalue weighted by atomic mass is 10.0. The molecule has 1 aromatic rings. The molecule has 2 atom stereocenters. The van der Waals surface area contributed by atoms with Crippen LogP contribution in [0, 0.1) is 5.92 Å². The Balaban J connectivity index is 2.91. The first-order valence-corrected chi connectivity index (χ1v) is 5.77. The number of carbonyl (C=O) groups excluding carboxylic acids is 2. The molecule has 4 nitrogen and oxygen atoms in total.